The van der Waals surface area contributed by atoms with Crippen molar-refractivity contribution in [2.24, 2.45) is 33.5 Å². The van der Waals surface area contributed by atoms with E-state index < -0.39 is 0 Å². The van der Waals surface area contributed by atoms with Gasteiger partial charge in [0.1, 0.15) is 0 Å². The maximum Gasteiger partial charge on any atom is 0.211 e. The van der Waals surface area contributed by atoms with Gasteiger partial charge in [-0.05, 0) is 24.7 Å². The van der Waals surface area contributed by atoms with E-state index in [1.807, 2.05) is 6.21 Å². The molecule has 1 fully saturated rings. The van der Waals surface area contributed by atoms with Crippen molar-refractivity contribution < 1.29 is 0 Å². The number of hydrogen-bond acceptors (Lipinski definition) is 2. The highest BCUT2D eigenvalue weighted by molar-refractivity contribution is 5.76. The first kappa shape index (κ1) is 11.0. The Morgan fingerprint density at radius 1 is 1.43 bits per heavy atom. The SMILES string of the molecule is CCC1CCCC(/C=N/N=C(N)N)C1. The summed E-state index contributed by atoms with van der Waals surface area (Å²) in [5.41, 5.74) is 10.4. The molecule has 0 aliphatic heterocycles. The molecule has 4 heteroatoms. The molecule has 1 saturated carbocycles. The molecule has 2 unspecified atom stereocenters. The van der Waals surface area contributed by atoms with Gasteiger partial charge in [0.2, 0.25) is 5.96 Å². The zero-order chi connectivity index (χ0) is 10.4. The summed E-state index contributed by atoms with van der Waals surface area (Å²) >= 11 is 0. The minimum absolute atomic E-state index is 0.0316. The largest absolute Gasteiger partial charge is 0.369 e. The zero-order valence-corrected chi connectivity index (χ0v) is 8.82. The summed E-state index contributed by atoms with van der Waals surface area (Å²) in [7, 11) is 0. The van der Waals surface area contributed by atoms with Crippen LogP contribution in [-0.4, -0.2) is 12.2 Å². The minimum Gasteiger partial charge on any atom is -0.369 e. The van der Waals surface area contributed by atoms with Gasteiger partial charge in [0.15, 0.2) is 0 Å². The van der Waals surface area contributed by atoms with Crippen LogP contribution in [0.5, 0.6) is 0 Å². The molecule has 0 aromatic rings. The Morgan fingerprint density at radius 3 is 2.86 bits per heavy atom. The van der Waals surface area contributed by atoms with E-state index in [2.05, 4.69) is 17.1 Å². The van der Waals surface area contributed by atoms with Gasteiger partial charge in [0.05, 0.1) is 0 Å². The van der Waals surface area contributed by atoms with Crippen molar-refractivity contribution in [1.82, 2.24) is 0 Å². The molecule has 0 spiro atoms. The number of nitrogens with zero attached hydrogens (tertiary/aromatic N) is 2. The Morgan fingerprint density at radius 2 is 2.21 bits per heavy atom. The third kappa shape index (κ3) is 3.77. The molecule has 1 aliphatic carbocycles. The average Bonchev–Trinajstić information content (AvgIpc) is 2.18. The average molecular weight is 196 g/mol. The van der Waals surface area contributed by atoms with Crippen molar-refractivity contribution in [3.63, 3.8) is 0 Å². The molecule has 1 rings (SSSR count). The second-order valence-electron chi connectivity index (χ2n) is 3.99. The predicted molar refractivity (Wildman–Crippen MR) is 60.0 cm³/mol. The molecule has 14 heavy (non-hydrogen) atoms. The van der Waals surface area contributed by atoms with Crippen molar-refractivity contribution in [2.75, 3.05) is 0 Å². The van der Waals surface area contributed by atoms with E-state index in [1.165, 1.54) is 32.1 Å². The Balaban J connectivity index is 2.37. The lowest BCUT2D eigenvalue weighted by molar-refractivity contribution is 0.313. The summed E-state index contributed by atoms with van der Waals surface area (Å²) in [4.78, 5) is 0. The van der Waals surface area contributed by atoms with Gasteiger partial charge in [-0.2, -0.15) is 5.10 Å². The summed E-state index contributed by atoms with van der Waals surface area (Å²) in [5, 5.41) is 7.49. The Hall–Kier alpha value is -1.06. The standard InChI is InChI=1S/C10H20N4/c1-2-8-4-3-5-9(6-8)7-13-14-10(11)12/h7-9H,2-6H2,1H3,(H4,11,12,14)/b13-7+. The van der Waals surface area contributed by atoms with Gasteiger partial charge in [-0.3, -0.25) is 0 Å². The first-order chi connectivity index (χ1) is 6.72. The van der Waals surface area contributed by atoms with Gasteiger partial charge in [-0.15, -0.1) is 5.10 Å². The van der Waals surface area contributed by atoms with E-state index >= 15 is 0 Å². The molecule has 4 nitrogen and oxygen atoms in total. The van der Waals surface area contributed by atoms with Crippen LogP contribution in [0.1, 0.15) is 39.0 Å². The third-order valence-electron chi connectivity index (χ3n) is 2.85. The second-order valence-corrected chi connectivity index (χ2v) is 3.99. The zero-order valence-electron chi connectivity index (χ0n) is 8.82. The van der Waals surface area contributed by atoms with Crippen molar-refractivity contribution in [3.05, 3.63) is 0 Å². The van der Waals surface area contributed by atoms with Crippen LogP contribution in [-0.2, 0) is 0 Å². The van der Waals surface area contributed by atoms with Gasteiger partial charge in [-0.1, -0.05) is 26.2 Å². The van der Waals surface area contributed by atoms with Crippen LogP contribution in [0.3, 0.4) is 0 Å². The first-order valence-electron chi connectivity index (χ1n) is 5.34. The fraction of sp³-hybridized carbons (Fsp3) is 0.800. The van der Waals surface area contributed by atoms with Gasteiger partial charge < -0.3 is 11.5 Å². The molecule has 2 atom stereocenters. The lowest BCUT2D eigenvalue weighted by Gasteiger charge is -2.25. The van der Waals surface area contributed by atoms with E-state index in [0.29, 0.717) is 5.92 Å². The molecule has 1 aliphatic rings. The Labute approximate surface area is 85.5 Å². The highest BCUT2D eigenvalue weighted by atomic mass is 15.3. The molecule has 4 N–H and O–H groups in total. The van der Waals surface area contributed by atoms with Crippen molar-refractivity contribution in [1.29, 1.82) is 0 Å². The van der Waals surface area contributed by atoms with Crippen LogP contribution in [0.2, 0.25) is 0 Å². The predicted octanol–water partition coefficient (Wildman–Crippen LogP) is 1.46. The molecule has 0 heterocycles. The normalized spacial score (nSPS) is 27.8. The van der Waals surface area contributed by atoms with Crippen LogP contribution in [0.15, 0.2) is 10.2 Å². The summed E-state index contributed by atoms with van der Waals surface area (Å²) in [6.45, 7) is 2.25. The van der Waals surface area contributed by atoms with Crippen molar-refractivity contribution >= 4 is 12.2 Å². The number of guanidine groups is 1. The van der Waals surface area contributed by atoms with E-state index in [4.69, 9.17) is 11.5 Å². The highest BCUT2D eigenvalue weighted by Crippen LogP contribution is 2.29. The number of nitrogens with two attached hydrogens (primary N) is 2. The molecular weight excluding hydrogens is 176 g/mol. The van der Waals surface area contributed by atoms with Crippen molar-refractivity contribution in [3.8, 4) is 0 Å². The van der Waals surface area contributed by atoms with Crippen molar-refractivity contribution in [2.45, 2.75) is 39.0 Å². The fourth-order valence-corrected chi connectivity index (χ4v) is 2.03. The van der Waals surface area contributed by atoms with Crippen LogP contribution >= 0.6 is 0 Å². The highest BCUT2D eigenvalue weighted by Gasteiger charge is 2.18. The van der Waals surface area contributed by atoms with E-state index in [0.717, 1.165) is 5.92 Å². The number of hydrogen-bond donors (Lipinski definition) is 2. The molecule has 0 radical (unpaired) electrons. The molecule has 0 aromatic carbocycles. The van der Waals surface area contributed by atoms with Gasteiger partial charge in [0, 0.05) is 6.21 Å². The Kier molecular flexibility index (Phi) is 4.43. The van der Waals surface area contributed by atoms with Gasteiger partial charge in [-0.25, -0.2) is 0 Å². The molecule has 0 saturated heterocycles. The topological polar surface area (TPSA) is 76.8 Å². The summed E-state index contributed by atoms with van der Waals surface area (Å²) in [6.07, 6.45) is 8.29. The van der Waals surface area contributed by atoms with Gasteiger partial charge >= 0.3 is 0 Å². The molecule has 0 amide bonds. The summed E-state index contributed by atoms with van der Waals surface area (Å²) in [5.74, 6) is 1.46. The molecule has 0 bridgehead atoms. The molecule has 0 aromatic heterocycles. The maximum absolute atomic E-state index is 5.18. The summed E-state index contributed by atoms with van der Waals surface area (Å²) in [6, 6.07) is 0. The third-order valence-corrected chi connectivity index (χ3v) is 2.85. The monoisotopic (exact) mass is 196 g/mol. The fourth-order valence-electron chi connectivity index (χ4n) is 2.03. The quantitative estimate of drug-likeness (QED) is 0.407. The molecule has 80 valence electrons. The van der Waals surface area contributed by atoms with Crippen LogP contribution < -0.4 is 11.5 Å². The summed E-state index contributed by atoms with van der Waals surface area (Å²) < 4.78 is 0. The van der Waals surface area contributed by atoms with Crippen LogP contribution in [0.25, 0.3) is 0 Å². The minimum atomic E-state index is 0.0316. The van der Waals surface area contributed by atoms with E-state index in [1.54, 1.807) is 0 Å². The van der Waals surface area contributed by atoms with E-state index in [9.17, 15) is 0 Å². The smallest absolute Gasteiger partial charge is 0.211 e. The van der Waals surface area contributed by atoms with Gasteiger partial charge in [0.25, 0.3) is 0 Å². The first-order valence-corrected chi connectivity index (χ1v) is 5.34. The van der Waals surface area contributed by atoms with Crippen LogP contribution in [0, 0.1) is 11.8 Å². The Bertz CT molecular complexity index is 218. The van der Waals surface area contributed by atoms with Crippen LogP contribution in [0.4, 0.5) is 0 Å². The maximum atomic E-state index is 5.18. The molecular formula is C10H20N4. The van der Waals surface area contributed by atoms with E-state index in [-0.39, 0.29) is 5.96 Å². The second kappa shape index (κ2) is 5.62. The lowest BCUT2D eigenvalue weighted by atomic mass is 9.81. The number of rotatable bonds is 3. The lowest BCUT2D eigenvalue weighted by Crippen LogP contribution is -2.22.